The maximum absolute atomic E-state index is 6.26. The van der Waals surface area contributed by atoms with Gasteiger partial charge in [-0.25, -0.2) is 0 Å². The van der Waals surface area contributed by atoms with E-state index in [2.05, 4.69) is 44.3 Å². The first-order valence-electron chi connectivity index (χ1n) is 5.08. The van der Waals surface area contributed by atoms with Gasteiger partial charge in [0.2, 0.25) is 0 Å². The van der Waals surface area contributed by atoms with Crippen LogP contribution in [0.5, 0.6) is 0 Å². The highest BCUT2D eigenvalue weighted by molar-refractivity contribution is 8.06. The largest absolute Gasteiger partial charge is 0.326 e. The van der Waals surface area contributed by atoms with Gasteiger partial charge in [-0.2, -0.15) is 23.5 Å². The number of nitrogens with two attached hydrogens (primary N) is 1. The molecule has 0 aromatic carbocycles. The van der Waals surface area contributed by atoms with E-state index in [9.17, 15) is 0 Å². The Morgan fingerprint density at radius 3 is 2.38 bits per heavy atom. The summed E-state index contributed by atoms with van der Waals surface area (Å²) >= 11 is 4.13. The summed E-state index contributed by atoms with van der Waals surface area (Å²) in [4.78, 5) is 0. The molecule has 2 N–H and O–H groups in total. The molecule has 0 saturated carbocycles. The predicted octanol–water partition coefficient (Wildman–Crippen LogP) is 2.45. The van der Waals surface area contributed by atoms with Crippen LogP contribution >= 0.6 is 23.5 Å². The van der Waals surface area contributed by atoms with Crippen molar-refractivity contribution in [1.82, 2.24) is 0 Å². The molecule has 1 aliphatic heterocycles. The average molecular weight is 219 g/mol. The van der Waals surface area contributed by atoms with Gasteiger partial charge in [0.25, 0.3) is 0 Å². The molecule has 0 aromatic heterocycles. The van der Waals surface area contributed by atoms with Gasteiger partial charge in [-0.05, 0) is 11.8 Å². The lowest BCUT2D eigenvalue weighted by Gasteiger charge is -2.32. The topological polar surface area (TPSA) is 26.0 Å². The predicted molar refractivity (Wildman–Crippen MR) is 65.5 cm³/mol. The summed E-state index contributed by atoms with van der Waals surface area (Å²) in [5.41, 5.74) is 6.26. The Kier molecular flexibility index (Phi) is 4.98. The maximum Gasteiger partial charge on any atom is 0.0292 e. The fraction of sp³-hybridized carbons (Fsp3) is 1.00. The van der Waals surface area contributed by atoms with Crippen molar-refractivity contribution in [2.24, 2.45) is 17.6 Å². The molecule has 3 atom stereocenters. The molecule has 1 aliphatic rings. The zero-order chi connectivity index (χ0) is 9.84. The SMILES string of the molecule is CC(C)C(C)C(N)C1CSCCS1. The summed E-state index contributed by atoms with van der Waals surface area (Å²) in [5.74, 6) is 5.21. The normalized spacial score (nSPS) is 28.8. The molecule has 0 spiro atoms. The summed E-state index contributed by atoms with van der Waals surface area (Å²) in [6, 6.07) is 0.387. The summed E-state index contributed by atoms with van der Waals surface area (Å²) in [5, 5.41) is 0.691. The van der Waals surface area contributed by atoms with Crippen molar-refractivity contribution in [3.63, 3.8) is 0 Å². The molecule has 3 unspecified atom stereocenters. The van der Waals surface area contributed by atoms with Crippen LogP contribution in [-0.4, -0.2) is 28.6 Å². The number of hydrogen-bond donors (Lipinski definition) is 1. The minimum absolute atomic E-state index is 0.387. The van der Waals surface area contributed by atoms with E-state index in [1.807, 2.05) is 0 Å². The van der Waals surface area contributed by atoms with Crippen molar-refractivity contribution in [2.45, 2.75) is 32.1 Å². The van der Waals surface area contributed by atoms with Crippen LogP contribution in [0.25, 0.3) is 0 Å². The third-order valence-corrected chi connectivity index (χ3v) is 5.84. The Morgan fingerprint density at radius 2 is 1.92 bits per heavy atom. The van der Waals surface area contributed by atoms with Crippen molar-refractivity contribution in [1.29, 1.82) is 0 Å². The van der Waals surface area contributed by atoms with Crippen molar-refractivity contribution in [3.8, 4) is 0 Å². The van der Waals surface area contributed by atoms with Gasteiger partial charge in [-0.15, -0.1) is 0 Å². The molecule has 1 saturated heterocycles. The molecule has 0 aliphatic carbocycles. The third kappa shape index (κ3) is 3.37. The van der Waals surface area contributed by atoms with Gasteiger partial charge in [-0.3, -0.25) is 0 Å². The molecule has 1 fully saturated rings. The van der Waals surface area contributed by atoms with Gasteiger partial charge in [0.15, 0.2) is 0 Å². The first-order chi connectivity index (χ1) is 6.13. The van der Waals surface area contributed by atoms with Crippen molar-refractivity contribution in [3.05, 3.63) is 0 Å². The smallest absolute Gasteiger partial charge is 0.0292 e. The highest BCUT2D eigenvalue weighted by Gasteiger charge is 2.27. The maximum atomic E-state index is 6.26. The van der Waals surface area contributed by atoms with Gasteiger partial charge >= 0.3 is 0 Å². The zero-order valence-corrected chi connectivity index (χ0v) is 10.5. The molecule has 1 rings (SSSR count). The highest BCUT2D eigenvalue weighted by Crippen LogP contribution is 2.30. The van der Waals surface area contributed by atoms with Gasteiger partial charge in [-0.1, -0.05) is 20.8 Å². The molecular formula is C10H21NS2. The van der Waals surface area contributed by atoms with Gasteiger partial charge < -0.3 is 5.73 Å². The summed E-state index contributed by atoms with van der Waals surface area (Å²) in [6.07, 6.45) is 0. The van der Waals surface area contributed by atoms with Crippen LogP contribution in [0.1, 0.15) is 20.8 Å². The lowest BCUT2D eigenvalue weighted by molar-refractivity contribution is 0.346. The van der Waals surface area contributed by atoms with Gasteiger partial charge in [0.05, 0.1) is 0 Å². The Bertz CT molecular complexity index is 144. The van der Waals surface area contributed by atoms with E-state index in [4.69, 9.17) is 5.73 Å². The molecule has 1 heterocycles. The summed E-state index contributed by atoms with van der Waals surface area (Å²) in [7, 11) is 0. The van der Waals surface area contributed by atoms with E-state index in [1.54, 1.807) is 0 Å². The van der Waals surface area contributed by atoms with Crippen LogP contribution in [0.3, 0.4) is 0 Å². The fourth-order valence-electron chi connectivity index (χ4n) is 1.51. The third-order valence-electron chi connectivity index (χ3n) is 2.93. The van der Waals surface area contributed by atoms with Gasteiger partial charge in [0.1, 0.15) is 0 Å². The van der Waals surface area contributed by atoms with E-state index < -0.39 is 0 Å². The molecular weight excluding hydrogens is 198 g/mol. The van der Waals surface area contributed by atoms with Crippen molar-refractivity contribution >= 4 is 23.5 Å². The van der Waals surface area contributed by atoms with Crippen molar-refractivity contribution in [2.75, 3.05) is 17.3 Å². The Hall–Kier alpha value is 0.660. The minimum Gasteiger partial charge on any atom is -0.326 e. The summed E-state index contributed by atoms with van der Waals surface area (Å²) in [6.45, 7) is 6.82. The number of thioether (sulfide) groups is 2. The fourth-order valence-corrected chi connectivity index (χ4v) is 4.44. The Morgan fingerprint density at radius 1 is 1.23 bits per heavy atom. The average Bonchev–Trinajstić information content (AvgIpc) is 2.17. The summed E-state index contributed by atoms with van der Waals surface area (Å²) < 4.78 is 0. The van der Waals surface area contributed by atoms with E-state index >= 15 is 0 Å². The quantitative estimate of drug-likeness (QED) is 0.789. The van der Waals surface area contributed by atoms with Crippen LogP contribution < -0.4 is 5.73 Å². The second-order valence-electron chi connectivity index (χ2n) is 4.16. The van der Waals surface area contributed by atoms with Crippen LogP contribution in [0.2, 0.25) is 0 Å². The van der Waals surface area contributed by atoms with E-state index in [0.717, 1.165) is 0 Å². The molecule has 0 amide bonds. The lowest BCUT2D eigenvalue weighted by atomic mass is 9.89. The molecule has 0 radical (unpaired) electrons. The van der Waals surface area contributed by atoms with Crippen LogP contribution in [0, 0.1) is 11.8 Å². The standard InChI is InChI=1S/C10H21NS2/c1-7(2)8(3)10(11)9-6-12-4-5-13-9/h7-10H,4-6,11H2,1-3H3. The van der Waals surface area contributed by atoms with Crippen LogP contribution in [0.4, 0.5) is 0 Å². The molecule has 3 heteroatoms. The molecule has 1 nitrogen and oxygen atoms in total. The molecule has 0 bridgehead atoms. The van der Waals surface area contributed by atoms with Crippen molar-refractivity contribution < 1.29 is 0 Å². The van der Waals surface area contributed by atoms with E-state index in [1.165, 1.54) is 17.3 Å². The van der Waals surface area contributed by atoms with E-state index in [-0.39, 0.29) is 0 Å². The second kappa shape index (κ2) is 5.52. The minimum atomic E-state index is 0.387. The Balaban J connectivity index is 2.40. The first kappa shape index (κ1) is 11.7. The highest BCUT2D eigenvalue weighted by atomic mass is 32.2. The number of rotatable bonds is 3. The molecule has 78 valence electrons. The zero-order valence-electron chi connectivity index (χ0n) is 8.82. The molecule has 13 heavy (non-hydrogen) atoms. The molecule has 0 aromatic rings. The lowest BCUT2D eigenvalue weighted by Crippen LogP contribution is -2.43. The Labute approximate surface area is 90.6 Å². The monoisotopic (exact) mass is 219 g/mol. The van der Waals surface area contributed by atoms with E-state index in [0.29, 0.717) is 23.1 Å². The number of hydrogen-bond acceptors (Lipinski definition) is 3. The van der Waals surface area contributed by atoms with Gasteiger partial charge in [0, 0.05) is 28.6 Å². The second-order valence-corrected chi connectivity index (χ2v) is 6.66. The van der Waals surface area contributed by atoms with Crippen LogP contribution in [0.15, 0.2) is 0 Å². The first-order valence-corrected chi connectivity index (χ1v) is 7.28. The van der Waals surface area contributed by atoms with Crippen LogP contribution in [-0.2, 0) is 0 Å².